The second-order valence-electron chi connectivity index (χ2n) is 7.30. The van der Waals surface area contributed by atoms with Crippen LogP contribution in [0.4, 0.5) is 0 Å². The standard InChI is InChI=1S/C22H25N3O/c1-15(22(26)25-17-11-12-17)23-13-19(16-7-3-2-4-8-16)20-14-24-21-10-6-5-9-18(20)21/h2-10,14-15,17,19,23-24H,11-13H2,1H3,(H,25,26)/p+1/t15-,19-/m1/s1. The maximum atomic E-state index is 12.3. The first-order valence-corrected chi connectivity index (χ1v) is 9.47. The van der Waals surface area contributed by atoms with Crippen molar-refractivity contribution in [3.63, 3.8) is 0 Å². The molecule has 0 aliphatic heterocycles. The van der Waals surface area contributed by atoms with Gasteiger partial charge in [-0.05, 0) is 37.0 Å². The van der Waals surface area contributed by atoms with Crippen LogP contribution in [0.25, 0.3) is 10.9 Å². The third-order valence-electron chi connectivity index (χ3n) is 5.26. The zero-order valence-electron chi connectivity index (χ0n) is 15.1. The van der Waals surface area contributed by atoms with Gasteiger partial charge in [0, 0.05) is 23.1 Å². The molecular formula is C22H26N3O+. The molecule has 2 atom stereocenters. The van der Waals surface area contributed by atoms with E-state index < -0.39 is 0 Å². The Bertz CT molecular complexity index is 883. The number of hydrogen-bond donors (Lipinski definition) is 3. The van der Waals surface area contributed by atoms with Crippen molar-refractivity contribution in [2.24, 2.45) is 0 Å². The summed E-state index contributed by atoms with van der Waals surface area (Å²) in [6.45, 7) is 2.83. The normalized spacial score (nSPS) is 16.3. The number of H-pyrrole nitrogens is 1. The molecule has 0 bridgehead atoms. The van der Waals surface area contributed by atoms with Crippen molar-refractivity contribution in [2.45, 2.75) is 37.8 Å². The number of para-hydroxylation sites is 1. The van der Waals surface area contributed by atoms with Gasteiger partial charge in [-0.25, -0.2) is 0 Å². The zero-order valence-corrected chi connectivity index (χ0v) is 15.1. The molecule has 0 unspecified atom stereocenters. The van der Waals surface area contributed by atoms with Gasteiger partial charge in [0.2, 0.25) is 0 Å². The Morgan fingerprint density at radius 3 is 2.65 bits per heavy atom. The van der Waals surface area contributed by atoms with Gasteiger partial charge in [-0.3, -0.25) is 4.79 Å². The lowest BCUT2D eigenvalue weighted by atomic mass is 9.90. The summed E-state index contributed by atoms with van der Waals surface area (Å²) in [5, 5.41) is 6.52. The summed E-state index contributed by atoms with van der Waals surface area (Å²) >= 11 is 0. The smallest absolute Gasteiger partial charge is 0.278 e. The highest BCUT2D eigenvalue weighted by molar-refractivity contribution is 5.84. The Morgan fingerprint density at radius 1 is 1.15 bits per heavy atom. The zero-order chi connectivity index (χ0) is 17.9. The quantitative estimate of drug-likeness (QED) is 0.604. The van der Waals surface area contributed by atoms with Crippen molar-refractivity contribution in [1.29, 1.82) is 0 Å². The van der Waals surface area contributed by atoms with Crippen LogP contribution in [0.3, 0.4) is 0 Å². The average molecular weight is 348 g/mol. The maximum absolute atomic E-state index is 12.3. The lowest BCUT2D eigenvalue weighted by Crippen LogP contribution is -2.92. The molecule has 3 aromatic rings. The predicted octanol–water partition coefficient (Wildman–Crippen LogP) is 2.53. The molecule has 1 aliphatic carbocycles. The molecule has 4 N–H and O–H groups in total. The number of benzene rings is 2. The van der Waals surface area contributed by atoms with Gasteiger partial charge in [-0.2, -0.15) is 0 Å². The molecule has 26 heavy (non-hydrogen) atoms. The van der Waals surface area contributed by atoms with Crippen LogP contribution in [0.2, 0.25) is 0 Å². The van der Waals surface area contributed by atoms with Crippen LogP contribution >= 0.6 is 0 Å². The maximum Gasteiger partial charge on any atom is 0.278 e. The summed E-state index contributed by atoms with van der Waals surface area (Å²) in [5.74, 6) is 0.391. The summed E-state index contributed by atoms with van der Waals surface area (Å²) in [4.78, 5) is 15.7. The number of nitrogens with one attached hydrogen (secondary N) is 2. The minimum atomic E-state index is -0.0768. The Morgan fingerprint density at radius 2 is 1.88 bits per heavy atom. The van der Waals surface area contributed by atoms with Crippen molar-refractivity contribution >= 4 is 16.8 Å². The van der Waals surface area contributed by atoms with E-state index in [9.17, 15) is 4.79 Å². The fourth-order valence-corrected chi connectivity index (χ4v) is 3.52. The van der Waals surface area contributed by atoms with Crippen LogP contribution in [-0.2, 0) is 4.79 Å². The molecule has 1 aromatic heterocycles. The van der Waals surface area contributed by atoms with Crippen LogP contribution in [0.5, 0.6) is 0 Å². The number of carbonyl (C=O) groups excluding carboxylic acids is 1. The Kier molecular flexibility index (Phi) is 4.76. The molecule has 0 radical (unpaired) electrons. The molecular weight excluding hydrogens is 322 g/mol. The van der Waals surface area contributed by atoms with E-state index in [0.717, 1.165) is 24.9 Å². The number of fused-ring (bicyclic) bond motifs is 1. The first-order chi connectivity index (χ1) is 12.7. The van der Waals surface area contributed by atoms with Gasteiger partial charge in [-0.15, -0.1) is 0 Å². The minimum Gasteiger partial charge on any atom is -0.361 e. The number of rotatable bonds is 7. The summed E-state index contributed by atoms with van der Waals surface area (Å²) < 4.78 is 0. The van der Waals surface area contributed by atoms with Crippen molar-refractivity contribution < 1.29 is 10.1 Å². The SMILES string of the molecule is C[C@@H]([NH2+]C[C@H](c1ccccc1)c1c[nH]c2ccccc12)C(=O)NC1CC1. The summed E-state index contributed by atoms with van der Waals surface area (Å²) in [6.07, 6.45) is 4.37. The molecule has 4 rings (SSSR count). The Balaban J connectivity index is 1.56. The highest BCUT2D eigenvalue weighted by Gasteiger charge is 2.28. The Labute approximate surface area is 154 Å². The van der Waals surface area contributed by atoms with E-state index in [1.807, 2.05) is 13.0 Å². The van der Waals surface area contributed by atoms with Crippen molar-refractivity contribution in [2.75, 3.05) is 6.54 Å². The molecule has 1 fully saturated rings. The monoisotopic (exact) mass is 348 g/mol. The summed E-state index contributed by atoms with van der Waals surface area (Å²) in [5.41, 5.74) is 3.73. The number of hydrogen-bond acceptors (Lipinski definition) is 1. The van der Waals surface area contributed by atoms with E-state index >= 15 is 0 Å². The fraction of sp³-hybridized carbons (Fsp3) is 0.318. The number of amides is 1. The third kappa shape index (κ3) is 3.65. The van der Waals surface area contributed by atoms with Crippen LogP contribution in [0.15, 0.2) is 60.8 Å². The molecule has 1 aliphatic rings. The molecule has 1 heterocycles. The predicted molar refractivity (Wildman–Crippen MR) is 104 cm³/mol. The van der Waals surface area contributed by atoms with Gasteiger partial charge in [0.1, 0.15) is 0 Å². The molecule has 0 spiro atoms. The van der Waals surface area contributed by atoms with Gasteiger partial charge in [-0.1, -0.05) is 48.5 Å². The fourth-order valence-electron chi connectivity index (χ4n) is 3.52. The topological polar surface area (TPSA) is 61.5 Å². The van der Waals surface area contributed by atoms with Gasteiger partial charge >= 0.3 is 0 Å². The van der Waals surface area contributed by atoms with E-state index in [2.05, 4.69) is 70.3 Å². The van der Waals surface area contributed by atoms with Crippen molar-refractivity contribution in [1.82, 2.24) is 10.3 Å². The van der Waals surface area contributed by atoms with Crippen LogP contribution in [-0.4, -0.2) is 29.5 Å². The van der Waals surface area contributed by atoms with Gasteiger partial charge in [0.05, 0.1) is 12.5 Å². The molecule has 1 amide bonds. The number of aromatic nitrogens is 1. The van der Waals surface area contributed by atoms with E-state index in [-0.39, 0.29) is 17.9 Å². The highest BCUT2D eigenvalue weighted by atomic mass is 16.2. The first kappa shape index (κ1) is 16.9. The summed E-state index contributed by atoms with van der Waals surface area (Å²) in [6, 6.07) is 19.3. The first-order valence-electron chi connectivity index (χ1n) is 9.47. The Hall–Kier alpha value is -2.59. The van der Waals surface area contributed by atoms with E-state index in [1.165, 1.54) is 16.5 Å². The number of quaternary nitrogens is 1. The number of nitrogens with two attached hydrogens (primary N) is 1. The number of carbonyl (C=O) groups is 1. The van der Waals surface area contributed by atoms with Crippen LogP contribution in [0.1, 0.15) is 36.8 Å². The van der Waals surface area contributed by atoms with Gasteiger partial charge in [0.15, 0.2) is 6.04 Å². The average Bonchev–Trinajstić information content (AvgIpc) is 3.39. The minimum absolute atomic E-state index is 0.0768. The van der Waals surface area contributed by atoms with Gasteiger partial charge in [0.25, 0.3) is 5.91 Å². The lowest BCUT2D eigenvalue weighted by molar-refractivity contribution is -0.674. The molecule has 1 saturated carbocycles. The van der Waals surface area contributed by atoms with E-state index in [1.54, 1.807) is 0 Å². The molecule has 4 heteroatoms. The molecule has 134 valence electrons. The molecule has 0 saturated heterocycles. The van der Waals surface area contributed by atoms with Crippen molar-refractivity contribution in [3.8, 4) is 0 Å². The second kappa shape index (κ2) is 7.34. The highest BCUT2D eigenvalue weighted by Crippen LogP contribution is 2.29. The second-order valence-corrected chi connectivity index (χ2v) is 7.30. The van der Waals surface area contributed by atoms with E-state index in [4.69, 9.17) is 0 Å². The lowest BCUT2D eigenvalue weighted by Gasteiger charge is -2.18. The van der Waals surface area contributed by atoms with Gasteiger partial charge < -0.3 is 15.6 Å². The van der Waals surface area contributed by atoms with Crippen LogP contribution in [0, 0.1) is 0 Å². The largest absolute Gasteiger partial charge is 0.361 e. The summed E-state index contributed by atoms with van der Waals surface area (Å²) in [7, 11) is 0. The molecule has 2 aromatic carbocycles. The third-order valence-corrected chi connectivity index (χ3v) is 5.26. The van der Waals surface area contributed by atoms with Crippen LogP contribution < -0.4 is 10.6 Å². The number of aromatic amines is 1. The van der Waals surface area contributed by atoms with Crippen molar-refractivity contribution in [3.05, 3.63) is 71.9 Å². The van der Waals surface area contributed by atoms with E-state index in [0.29, 0.717) is 6.04 Å². The molecule has 4 nitrogen and oxygen atoms in total.